The van der Waals surface area contributed by atoms with Crippen molar-refractivity contribution in [3.63, 3.8) is 0 Å². The van der Waals surface area contributed by atoms with Crippen molar-refractivity contribution in [1.29, 1.82) is 0 Å². The predicted molar refractivity (Wildman–Crippen MR) is 62.6 cm³/mol. The molecule has 8 heteroatoms. The van der Waals surface area contributed by atoms with Gasteiger partial charge in [-0.25, -0.2) is 0 Å². The Bertz CT molecular complexity index is 405. The molecule has 1 heterocycles. The van der Waals surface area contributed by atoms with E-state index in [-0.39, 0.29) is 25.6 Å². The summed E-state index contributed by atoms with van der Waals surface area (Å²) < 4.78 is 37.0. The molecule has 0 aliphatic rings. The van der Waals surface area contributed by atoms with E-state index in [4.69, 9.17) is 10.2 Å². The number of aliphatic hydroxyl groups excluding tert-OH is 2. The van der Waals surface area contributed by atoms with E-state index in [1.54, 1.807) is 14.0 Å². The van der Waals surface area contributed by atoms with Crippen LogP contribution >= 0.6 is 0 Å². The van der Waals surface area contributed by atoms with Gasteiger partial charge in [-0.05, 0) is 12.1 Å². The van der Waals surface area contributed by atoms with Gasteiger partial charge in [-0.2, -0.15) is 13.2 Å². The van der Waals surface area contributed by atoms with Crippen LogP contribution in [0.2, 0.25) is 0 Å². The fourth-order valence-corrected chi connectivity index (χ4v) is 1.48. The van der Waals surface area contributed by atoms with Crippen molar-refractivity contribution in [2.45, 2.75) is 13.1 Å². The number of aromatic nitrogens is 2. The number of aliphatic hydroxyl groups is 2. The predicted octanol–water partition coefficient (Wildman–Crippen LogP) is 0.922. The number of nitrogens with zero attached hydrogens (tertiary/aromatic N) is 3. The molecule has 5 nitrogen and oxygen atoms in total. The Balaban J connectivity index is 2.81. The Labute approximate surface area is 108 Å². The summed E-state index contributed by atoms with van der Waals surface area (Å²) in [6, 6.07) is 2.04. The Morgan fingerprint density at radius 3 is 2.11 bits per heavy atom. The second kappa shape index (κ2) is 5.70. The molecule has 108 valence electrons. The Morgan fingerprint density at radius 1 is 1.16 bits per heavy atom. The zero-order valence-electron chi connectivity index (χ0n) is 10.6. The van der Waals surface area contributed by atoms with Crippen molar-refractivity contribution in [2.75, 3.05) is 31.7 Å². The van der Waals surface area contributed by atoms with Gasteiger partial charge in [0, 0.05) is 19.0 Å². The molecule has 0 saturated heterocycles. The van der Waals surface area contributed by atoms with Gasteiger partial charge in [-0.1, -0.05) is 6.92 Å². The highest BCUT2D eigenvalue weighted by molar-refractivity contribution is 5.36. The topological polar surface area (TPSA) is 69.5 Å². The van der Waals surface area contributed by atoms with E-state index in [0.29, 0.717) is 0 Å². The van der Waals surface area contributed by atoms with Gasteiger partial charge < -0.3 is 15.1 Å². The molecule has 0 saturated carbocycles. The molecular formula is C11H16F3N3O2. The standard InChI is InChI=1S/C11H16F3N3O2/c1-10(6-18,7-19)5-17(2)9-4-3-8(15-16-9)11(12,13)14/h3-4,18-19H,5-7H2,1-2H3. The smallest absolute Gasteiger partial charge is 0.396 e. The Morgan fingerprint density at radius 2 is 1.74 bits per heavy atom. The molecule has 0 aliphatic carbocycles. The maximum absolute atomic E-state index is 12.3. The number of alkyl halides is 3. The van der Waals surface area contributed by atoms with Crippen LogP contribution in [0.15, 0.2) is 12.1 Å². The molecule has 0 bridgehead atoms. The van der Waals surface area contributed by atoms with Gasteiger partial charge in [-0.15, -0.1) is 10.2 Å². The molecule has 0 radical (unpaired) electrons. The number of hydrogen-bond donors (Lipinski definition) is 2. The molecule has 0 amide bonds. The summed E-state index contributed by atoms with van der Waals surface area (Å²) in [5.41, 5.74) is -1.82. The first-order chi connectivity index (χ1) is 8.72. The van der Waals surface area contributed by atoms with E-state index in [0.717, 1.165) is 6.07 Å². The van der Waals surface area contributed by atoms with E-state index in [2.05, 4.69) is 10.2 Å². The van der Waals surface area contributed by atoms with Gasteiger partial charge in [0.1, 0.15) is 0 Å². The SMILES string of the molecule is CN(CC(C)(CO)CO)c1ccc(C(F)(F)F)nn1. The number of hydrogen-bond acceptors (Lipinski definition) is 5. The zero-order valence-corrected chi connectivity index (χ0v) is 10.6. The Hall–Kier alpha value is -1.41. The molecule has 0 unspecified atom stereocenters. The lowest BCUT2D eigenvalue weighted by Gasteiger charge is -2.30. The highest BCUT2D eigenvalue weighted by atomic mass is 19.4. The summed E-state index contributed by atoms with van der Waals surface area (Å²) >= 11 is 0. The minimum Gasteiger partial charge on any atom is -0.396 e. The molecule has 19 heavy (non-hydrogen) atoms. The quantitative estimate of drug-likeness (QED) is 0.839. The fourth-order valence-electron chi connectivity index (χ4n) is 1.48. The maximum atomic E-state index is 12.3. The Kier molecular flexibility index (Phi) is 4.70. The van der Waals surface area contributed by atoms with Crippen LogP contribution in [0.25, 0.3) is 0 Å². The van der Waals surface area contributed by atoms with E-state index in [1.807, 2.05) is 0 Å². The van der Waals surface area contributed by atoms with Gasteiger partial charge in [0.25, 0.3) is 0 Å². The summed E-state index contributed by atoms with van der Waals surface area (Å²) in [5.74, 6) is 0.237. The van der Waals surface area contributed by atoms with Gasteiger partial charge in [0.2, 0.25) is 0 Å². The summed E-state index contributed by atoms with van der Waals surface area (Å²) in [6.07, 6.45) is -4.52. The molecule has 1 aromatic rings. The lowest BCUT2D eigenvalue weighted by Crippen LogP contribution is -2.39. The first-order valence-corrected chi connectivity index (χ1v) is 5.56. The average molecular weight is 279 g/mol. The van der Waals surface area contributed by atoms with Crippen molar-refractivity contribution in [1.82, 2.24) is 10.2 Å². The summed E-state index contributed by atoms with van der Waals surface area (Å²) in [5, 5.41) is 24.9. The number of rotatable bonds is 5. The third-order valence-corrected chi connectivity index (χ3v) is 2.71. The molecule has 1 rings (SSSR count). The van der Waals surface area contributed by atoms with E-state index < -0.39 is 17.3 Å². The summed E-state index contributed by atoms with van der Waals surface area (Å²) in [4.78, 5) is 1.53. The van der Waals surface area contributed by atoms with Crippen molar-refractivity contribution >= 4 is 5.82 Å². The highest BCUT2D eigenvalue weighted by Gasteiger charge is 2.33. The lowest BCUT2D eigenvalue weighted by molar-refractivity contribution is -0.141. The minimum atomic E-state index is -4.52. The third-order valence-electron chi connectivity index (χ3n) is 2.71. The maximum Gasteiger partial charge on any atom is 0.435 e. The number of anilines is 1. The van der Waals surface area contributed by atoms with Crippen LogP contribution in [-0.2, 0) is 6.18 Å². The van der Waals surface area contributed by atoms with Gasteiger partial charge >= 0.3 is 6.18 Å². The molecule has 2 N–H and O–H groups in total. The van der Waals surface area contributed by atoms with Crippen LogP contribution in [0.3, 0.4) is 0 Å². The van der Waals surface area contributed by atoms with Crippen LogP contribution in [0.1, 0.15) is 12.6 Å². The molecule has 0 aliphatic heterocycles. The van der Waals surface area contributed by atoms with Crippen LogP contribution < -0.4 is 4.90 Å². The second-order valence-electron chi connectivity index (χ2n) is 4.76. The van der Waals surface area contributed by atoms with Crippen LogP contribution in [-0.4, -0.2) is 47.2 Å². The molecular weight excluding hydrogens is 263 g/mol. The molecule has 0 fully saturated rings. The van der Waals surface area contributed by atoms with Crippen LogP contribution in [0.4, 0.5) is 19.0 Å². The molecule has 1 aromatic heterocycles. The highest BCUT2D eigenvalue weighted by Crippen LogP contribution is 2.27. The molecule has 0 atom stereocenters. The normalized spacial score (nSPS) is 12.6. The first kappa shape index (κ1) is 15.6. The van der Waals surface area contributed by atoms with Crippen molar-refractivity contribution < 1.29 is 23.4 Å². The minimum absolute atomic E-state index is 0.236. The number of halogens is 3. The zero-order chi connectivity index (χ0) is 14.7. The van der Waals surface area contributed by atoms with Crippen molar-refractivity contribution in [2.24, 2.45) is 5.41 Å². The molecule has 0 aromatic carbocycles. The van der Waals surface area contributed by atoms with Gasteiger partial charge in [0.15, 0.2) is 11.5 Å². The molecule has 0 spiro atoms. The summed E-state index contributed by atoms with van der Waals surface area (Å²) in [7, 11) is 1.60. The van der Waals surface area contributed by atoms with Crippen LogP contribution in [0, 0.1) is 5.41 Å². The first-order valence-electron chi connectivity index (χ1n) is 5.56. The van der Waals surface area contributed by atoms with Crippen molar-refractivity contribution in [3.05, 3.63) is 17.8 Å². The van der Waals surface area contributed by atoms with E-state index >= 15 is 0 Å². The van der Waals surface area contributed by atoms with Gasteiger partial charge in [-0.3, -0.25) is 0 Å². The van der Waals surface area contributed by atoms with E-state index in [1.165, 1.54) is 11.0 Å². The second-order valence-corrected chi connectivity index (χ2v) is 4.76. The lowest BCUT2D eigenvalue weighted by atomic mass is 9.92. The van der Waals surface area contributed by atoms with Gasteiger partial charge in [0.05, 0.1) is 13.2 Å². The summed E-state index contributed by atoms with van der Waals surface area (Å²) in [6.45, 7) is 1.39. The van der Waals surface area contributed by atoms with Crippen molar-refractivity contribution in [3.8, 4) is 0 Å². The fraction of sp³-hybridized carbons (Fsp3) is 0.636. The average Bonchev–Trinajstić information content (AvgIpc) is 2.37. The monoisotopic (exact) mass is 279 g/mol. The van der Waals surface area contributed by atoms with Crippen LogP contribution in [0.5, 0.6) is 0 Å². The largest absolute Gasteiger partial charge is 0.435 e. The third kappa shape index (κ3) is 4.03. The van der Waals surface area contributed by atoms with E-state index in [9.17, 15) is 13.2 Å².